The molecule has 9 heteroatoms. The summed E-state index contributed by atoms with van der Waals surface area (Å²) in [5.41, 5.74) is 1.52. The molecule has 0 fully saturated rings. The summed E-state index contributed by atoms with van der Waals surface area (Å²) in [5.74, 6) is 0.624. The molecule has 2 heterocycles. The van der Waals surface area contributed by atoms with Crippen LogP contribution in [0.4, 0.5) is 0 Å². The van der Waals surface area contributed by atoms with E-state index in [1.54, 1.807) is 16.3 Å². The molecular formula is C11H14Cl2N4O2S. The summed E-state index contributed by atoms with van der Waals surface area (Å²) in [6.45, 7) is 4.09. The first kappa shape index (κ1) is 15.3. The smallest absolute Gasteiger partial charge is 0.280 e. The topological polar surface area (TPSA) is 69.8 Å². The fourth-order valence-corrected chi connectivity index (χ4v) is 2.89. The van der Waals surface area contributed by atoms with Crippen molar-refractivity contribution in [2.45, 2.75) is 31.8 Å². The minimum absolute atomic E-state index is 0.147. The molecule has 0 aliphatic heterocycles. The highest BCUT2D eigenvalue weighted by Gasteiger charge is 2.19. The largest absolute Gasteiger partial charge is 0.327 e. The Morgan fingerprint density at radius 3 is 2.50 bits per heavy atom. The lowest BCUT2D eigenvalue weighted by Gasteiger charge is -2.07. The number of imidazole rings is 1. The zero-order chi connectivity index (χ0) is 15.1. The Morgan fingerprint density at radius 2 is 2.05 bits per heavy atom. The van der Waals surface area contributed by atoms with Crippen LogP contribution in [0.2, 0.25) is 5.02 Å². The summed E-state index contributed by atoms with van der Waals surface area (Å²) in [5, 5.41) is 4.65. The van der Waals surface area contributed by atoms with E-state index in [1.807, 2.05) is 13.8 Å². The van der Waals surface area contributed by atoms with E-state index in [9.17, 15) is 8.42 Å². The van der Waals surface area contributed by atoms with Crippen molar-refractivity contribution < 1.29 is 8.42 Å². The van der Waals surface area contributed by atoms with Gasteiger partial charge >= 0.3 is 0 Å². The van der Waals surface area contributed by atoms with Gasteiger partial charge in [0.05, 0.1) is 23.0 Å². The molecule has 0 unspecified atom stereocenters. The van der Waals surface area contributed by atoms with Crippen molar-refractivity contribution in [1.29, 1.82) is 0 Å². The van der Waals surface area contributed by atoms with Crippen molar-refractivity contribution in [1.82, 2.24) is 19.3 Å². The molecule has 0 aliphatic carbocycles. The van der Waals surface area contributed by atoms with Gasteiger partial charge in [-0.15, -0.1) is 0 Å². The van der Waals surface area contributed by atoms with Crippen LogP contribution in [-0.4, -0.2) is 27.7 Å². The lowest BCUT2D eigenvalue weighted by molar-refractivity contribution is 0.606. The highest BCUT2D eigenvalue weighted by Crippen LogP contribution is 2.22. The summed E-state index contributed by atoms with van der Waals surface area (Å²) in [7, 11) is 3.27. The molecule has 0 saturated heterocycles. The Morgan fingerprint density at radius 1 is 1.40 bits per heavy atom. The van der Waals surface area contributed by atoms with Crippen molar-refractivity contribution in [3.63, 3.8) is 0 Å². The first-order valence-electron chi connectivity index (χ1n) is 5.92. The number of nitrogens with zero attached hydrogens (tertiary/aromatic N) is 4. The number of aryl methyl sites for hydroxylation is 3. The van der Waals surface area contributed by atoms with Crippen molar-refractivity contribution in [2.75, 3.05) is 0 Å². The van der Waals surface area contributed by atoms with E-state index in [0.29, 0.717) is 23.8 Å². The Labute approximate surface area is 126 Å². The van der Waals surface area contributed by atoms with Crippen LogP contribution < -0.4 is 0 Å². The van der Waals surface area contributed by atoms with Gasteiger partial charge < -0.3 is 4.57 Å². The van der Waals surface area contributed by atoms with Crippen molar-refractivity contribution in [3.05, 3.63) is 28.4 Å². The van der Waals surface area contributed by atoms with Crippen LogP contribution in [-0.2, 0) is 29.1 Å². The number of rotatable bonds is 4. The van der Waals surface area contributed by atoms with Crippen LogP contribution in [0.3, 0.4) is 0 Å². The fraction of sp³-hybridized carbons (Fsp3) is 0.455. The third-order valence-electron chi connectivity index (χ3n) is 2.98. The molecule has 6 nitrogen and oxygen atoms in total. The number of aromatic nitrogens is 4. The average Bonchev–Trinajstić information content (AvgIpc) is 2.86. The second kappa shape index (κ2) is 5.38. The van der Waals surface area contributed by atoms with E-state index in [4.69, 9.17) is 22.3 Å². The molecular weight excluding hydrogens is 323 g/mol. The van der Waals surface area contributed by atoms with Gasteiger partial charge in [-0.1, -0.05) is 18.5 Å². The molecule has 2 rings (SSSR count). The monoisotopic (exact) mass is 336 g/mol. The summed E-state index contributed by atoms with van der Waals surface area (Å²) in [6.07, 6.45) is 2.00. The zero-order valence-corrected chi connectivity index (χ0v) is 13.6. The third-order valence-corrected chi connectivity index (χ3v) is 4.65. The van der Waals surface area contributed by atoms with Gasteiger partial charge in [-0.05, 0) is 6.92 Å². The second-order valence-electron chi connectivity index (χ2n) is 4.38. The van der Waals surface area contributed by atoms with E-state index >= 15 is 0 Å². The maximum atomic E-state index is 11.4. The fourth-order valence-electron chi connectivity index (χ4n) is 1.98. The maximum Gasteiger partial charge on any atom is 0.280 e. The predicted octanol–water partition coefficient (Wildman–Crippen LogP) is 2.12. The van der Waals surface area contributed by atoms with Crippen LogP contribution in [0.25, 0.3) is 0 Å². The Bertz CT molecular complexity index is 749. The van der Waals surface area contributed by atoms with Gasteiger partial charge in [-0.2, -0.15) is 5.10 Å². The SMILES string of the molecule is CCc1nc(S(=O)(=O)Cl)cn1Cc1c(Cl)c(C)nn1C. The predicted molar refractivity (Wildman–Crippen MR) is 76.7 cm³/mol. The average molecular weight is 337 g/mol. The highest BCUT2D eigenvalue weighted by molar-refractivity contribution is 8.13. The molecule has 20 heavy (non-hydrogen) atoms. The summed E-state index contributed by atoms with van der Waals surface area (Å²) < 4.78 is 26.1. The molecule has 0 amide bonds. The quantitative estimate of drug-likeness (QED) is 0.802. The van der Waals surface area contributed by atoms with E-state index in [-0.39, 0.29) is 5.03 Å². The number of halogens is 2. The molecule has 2 aromatic rings. The minimum Gasteiger partial charge on any atom is -0.327 e. The first-order valence-corrected chi connectivity index (χ1v) is 8.61. The molecule has 0 N–H and O–H groups in total. The molecule has 0 aromatic carbocycles. The Balaban J connectivity index is 2.46. The van der Waals surface area contributed by atoms with Crippen LogP contribution >= 0.6 is 22.3 Å². The van der Waals surface area contributed by atoms with Crippen molar-refractivity contribution in [3.8, 4) is 0 Å². The zero-order valence-electron chi connectivity index (χ0n) is 11.3. The summed E-state index contributed by atoms with van der Waals surface area (Å²) >= 11 is 6.19. The van der Waals surface area contributed by atoms with Crippen LogP contribution in [0.5, 0.6) is 0 Å². The van der Waals surface area contributed by atoms with Gasteiger partial charge in [0, 0.05) is 30.3 Å². The molecule has 0 atom stereocenters. The van der Waals surface area contributed by atoms with Crippen molar-refractivity contribution in [2.24, 2.45) is 7.05 Å². The van der Waals surface area contributed by atoms with Crippen LogP contribution in [0.15, 0.2) is 11.2 Å². The van der Waals surface area contributed by atoms with Crippen molar-refractivity contribution >= 4 is 31.3 Å². The highest BCUT2D eigenvalue weighted by atomic mass is 35.7. The minimum atomic E-state index is -3.84. The van der Waals surface area contributed by atoms with Gasteiger partial charge in [0.25, 0.3) is 9.05 Å². The van der Waals surface area contributed by atoms with Gasteiger partial charge in [-0.3, -0.25) is 4.68 Å². The Hall–Kier alpha value is -1.05. The maximum absolute atomic E-state index is 11.4. The third kappa shape index (κ3) is 2.84. The molecule has 0 aliphatic rings. The molecule has 0 bridgehead atoms. The second-order valence-corrected chi connectivity index (χ2v) is 7.28. The standard InChI is InChI=1S/C11H14Cl2N4O2S/c1-4-9-14-10(20(13,18)19)6-17(9)5-8-11(12)7(2)15-16(8)3/h6H,4-5H2,1-3H3. The normalized spacial score (nSPS) is 12.1. The molecule has 0 saturated carbocycles. The van der Waals surface area contributed by atoms with Gasteiger partial charge in [-0.25, -0.2) is 13.4 Å². The van der Waals surface area contributed by atoms with Gasteiger partial charge in [0.2, 0.25) is 0 Å². The summed E-state index contributed by atoms with van der Waals surface area (Å²) in [6, 6.07) is 0. The number of hydrogen-bond acceptors (Lipinski definition) is 4. The van der Waals surface area contributed by atoms with Crippen LogP contribution in [0, 0.1) is 6.92 Å². The molecule has 2 aromatic heterocycles. The molecule has 0 spiro atoms. The summed E-state index contributed by atoms with van der Waals surface area (Å²) in [4.78, 5) is 4.03. The van der Waals surface area contributed by atoms with Crippen LogP contribution in [0.1, 0.15) is 24.1 Å². The van der Waals surface area contributed by atoms with E-state index in [2.05, 4.69) is 10.1 Å². The lowest BCUT2D eigenvalue weighted by atomic mass is 10.3. The Kier molecular flexibility index (Phi) is 4.13. The molecule has 110 valence electrons. The van der Waals surface area contributed by atoms with Gasteiger partial charge in [0.15, 0.2) is 5.03 Å². The first-order chi connectivity index (χ1) is 9.24. The van der Waals surface area contributed by atoms with E-state index in [0.717, 1.165) is 11.4 Å². The van der Waals surface area contributed by atoms with Gasteiger partial charge in [0.1, 0.15) is 5.82 Å². The van der Waals surface area contributed by atoms with E-state index < -0.39 is 9.05 Å². The van der Waals surface area contributed by atoms with E-state index in [1.165, 1.54) is 6.20 Å². The lowest BCUT2D eigenvalue weighted by Crippen LogP contribution is -2.08. The molecule has 0 radical (unpaired) electrons. The number of hydrogen-bond donors (Lipinski definition) is 0.